The number of hydrogen-bond donors (Lipinski definition) is 0. The summed E-state index contributed by atoms with van der Waals surface area (Å²) in [5, 5.41) is -0.0115. The summed E-state index contributed by atoms with van der Waals surface area (Å²) in [4.78, 5) is 26.0. The lowest BCUT2D eigenvalue weighted by Gasteiger charge is -2.08. The maximum absolute atomic E-state index is 12.0. The second-order valence-electron chi connectivity index (χ2n) is 4.90. The molecule has 0 aliphatic heterocycles. The van der Waals surface area contributed by atoms with Crippen LogP contribution in [0.2, 0.25) is 0 Å². The van der Waals surface area contributed by atoms with E-state index in [0.717, 1.165) is 10.5 Å². The highest BCUT2D eigenvalue weighted by Crippen LogP contribution is 2.21. The number of rotatable bonds is 4. The third-order valence-electron chi connectivity index (χ3n) is 2.94. The van der Waals surface area contributed by atoms with Gasteiger partial charge in [0, 0.05) is 24.6 Å². The highest BCUT2D eigenvalue weighted by molar-refractivity contribution is 8.13. The zero-order valence-corrected chi connectivity index (χ0v) is 13.3. The Kier molecular flexibility index (Phi) is 5.55. The molecule has 0 bridgehead atoms. The molecule has 2 aromatic carbocycles. The molecule has 0 saturated heterocycles. The third-order valence-corrected chi connectivity index (χ3v) is 3.98. The highest BCUT2D eigenvalue weighted by Gasteiger charge is 2.06. The van der Waals surface area contributed by atoms with Gasteiger partial charge < -0.3 is 4.90 Å². The maximum Gasteiger partial charge on any atom is 0.285 e. The van der Waals surface area contributed by atoms with Crippen molar-refractivity contribution in [2.75, 3.05) is 14.1 Å². The van der Waals surface area contributed by atoms with Crippen LogP contribution in [0.25, 0.3) is 6.08 Å². The Balaban J connectivity index is 2.01. The van der Waals surface area contributed by atoms with Gasteiger partial charge >= 0.3 is 0 Å². The minimum atomic E-state index is -0.0261. The zero-order chi connectivity index (χ0) is 15.9. The molecular weight excluding hydrogens is 294 g/mol. The van der Waals surface area contributed by atoms with Crippen LogP contribution >= 0.6 is 11.8 Å². The molecule has 0 aliphatic rings. The van der Waals surface area contributed by atoms with E-state index in [-0.39, 0.29) is 11.0 Å². The van der Waals surface area contributed by atoms with Crippen molar-refractivity contribution in [3.8, 4) is 0 Å². The molecule has 22 heavy (non-hydrogen) atoms. The number of carbonyl (C=O) groups excluding carboxylic acids is 2. The summed E-state index contributed by atoms with van der Waals surface area (Å²) in [5.74, 6) is -0.0261. The summed E-state index contributed by atoms with van der Waals surface area (Å²) in [6.07, 6.45) is 3.33. The molecule has 0 radical (unpaired) electrons. The van der Waals surface area contributed by atoms with Crippen LogP contribution in [0.1, 0.15) is 15.9 Å². The number of carbonyl (C=O) groups is 2. The summed E-state index contributed by atoms with van der Waals surface area (Å²) in [7, 11) is 3.45. The number of thioether (sulfide) groups is 1. The molecule has 0 saturated carbocycles. The Bertz CT molecular complexity index is 676. The first-order valence-corrected chi connectivity index (χ1v) is 7.64. The summed E-state index contributed by atoms with van der Waals surface area (Å²) in [6.45, 7) is 0. The van der Waals surface area contributed by atoms with Crippen LogP contribution in [0.4, 0.5) is 4.79 Å². The lowest BCUT2D eigenvalue weighted by Crippen LogP contribution is -2.15. The predicted molar refractivity (Wildman–Crippen MR) is 91.2 cm³/mol. The van der Waals surface area contributed by atoms with E-state index < -0.39 is 0 Å². The van der Waals surface area contributed by atoms with Crippen molar-refractivity contribution in [3.63, 3.8) is 0 Å². The Morgan fingerprint density at radius 2 is 1.59 bits per heavy atom. The van der Waals surface area contributed by atoms with Gasteiger partial charge in [0.25, 0.3) is 5.24 Å². The van der Waals surface area contributed by atoms with E-state index in [1.54, 1.807) is 38.4 Å². The molecule has 4 heteroatoms. The van der Waals surface area contributed by atoms with E-state index >= 15 is 0 Å². The van der Waals surface area contributed by atoms with Gasteiger partial charge in [-0.25, -0.2) is 0 Å². The first-order valence-electron chi connectivity index (χ1n) is 6.83. The maximum atomic E-state index is 12.0. The largest absolute Gasteiger partial charge is 0.339 e. The van der Waals surface area contributed by atoms with Gasteiger partial charge in [-0.15, -0.1) is 0 Å². The normalized spacial score (nSPS) is 10.6. The summed E-state index contributed by atoms with van der Waals surface area (Å²) in [6, 6.07) is 16.7. The molecule has 0 fully saturated rings. The fraction of sp³-hybridized carbons (Fsp3) is 0.111. The molecule has 0 aromatic heterocycles. The van der Waals surface area contributed by atoms with Crippen molar-refractivity contribution >= 4 is 28.9 Å². The van der Waals surface area contributed by atoms with Crippen LogP contribution in [0.15, 0.2) is 65.6 Å². The lowest BCUT2D eigenvalue weighted by molar-refractivity contribution is 0.104. The van der Waals surface area contributed by atoms with Crippen LogP contribution < -0.4 is 0 Å². The van der Waals surface area contributed by atoms with Crippen molar-refractivity contribution < 1.29 is 9.59 Å². The average molecular weight is 311 g/mol. The van der Waals surface area contributed by atoms with Crippen molar-refractivity contribution in [2.45, 2.75) is 4.90 Å². The fourth-order valence-electron chi connectivity index (χ4n) is 1.71. The fourth-order valence-corrected chi connectivity index (χ4v) is 2.37. The van der Waals surface area contributed by atoms with E-state index in [4.69, 9.17) is 0 Å². The quantitative estimate of drug-likeness (QED) is 0.478. The summed E-state index contributed by atoms with van der Waals surface area (Å²) < 4.78 is 0. The van der Waals surface area contributed by atoms with E-state index in [1.165, 1.54) is 16.7 Å². The van der Waals surface area contributed by atoms with Gasteiger partial charge in [0.15, 0.2) is 5.78 Å². The third kappa shape index (κ3) is 4.60. The molecule has 0 atom stereocenters. The SMILES string of the molecule is CN(C)C(=O)Sc1ccc(/C=C/C(=O)c2ccccc2)cc1. The van der Waals surface area contributed by atoms with Crippen LogP contribution in [0, 0.1) is 0 Å². The van der Waals surface area contributed by atoms with Gasteiger partial charge in [0.1, 0.15) is 0 Å². The topological polar surface area (TPSA) is 37.4 Å². The van der Waals surface area contributed by atoms with Gasteiger partial charge in [0.05, 0.1) is 0 Å². The van der Waals surface area contributed by atoms with E-state index in [0.29, 0.717) is 5.56 Å². The van der Waals surface area contributed by atoms with Crippen LogP contribution in [-0.4, -0.2) is 30.0 Å². The second-order valence-corrected chi connectivity index (χ2v) is 5.92. The Morgan fingerprint density at radius 3 is 2.18 bits per heavy atom. The molecule has 1 amide bonds. The Labute approximate surface area is 134 Å². The number of hydrogen-bond acceptors (Lipinski definition) is 3. The van der Waals surface area contributed by atoms with Crippen molar-refractivity contribution in [2.24, 2.45) is 0 Å². The number of allylic oxidation sites excluding steroid dienone is 1. The molecule has 0 spiro atoms. The van der Waals surface area contributed by atoms with Gasteiger partial charge in [0.2, 0.25) is 0 Å². The number of amides is 1. The minimum Gasteiger partial charge on any atom is -0.339 e. The number of benzene rings is 2. The number of ketones is 1. The molecule has 2 aromatic rings. The first-order chi connectivity index (χ1) is 10.6. The Hall–Kier alpha value is -2.33. The van der Waals surface area contributed by atoms with E-state index in [2.05, 4.69) is 0 Å². The van der Waals surface area contributed by atoms with Gasteiger partial charge in [-0.3, -0.25) is 9.59 Å². The molecule has 0 heterocycles. The molecule has 3 nitrogen and oxygen atoms in total. The standard InChI is InChI=1S/C18H17NO2S/c1-19(2)18(21)22-16-11-8-14(9-12-16)10-13-17(20)15-6-4-3-5-7-15/h3-13H,1-2H3/b13-10+. The molecule has 0 aliphatic carbocycles. The van der Waals surface area contributed by atoms with Gasteiger partial charge in [-0.05, 0) is 35.5 Å². The van der Waals surface area contributed by atoms with Gasteiger partial charge in [-0.1, -0.05) is 48.5 Å². The lowest BCUT2D eigenvalue weighted by atomic mass is 10.1. The van der Waals surface area contributed by atoms with Gasteiger partial charge in [-0.2, -0.15) is 0 Å². The summed E-state index contributed by atoms with van der Waals surface area (Å²) >= 11 is 1.18. The van der Waals surface area contributed by atoms with Crippen molar-refractivity contribution in [1.82, 2.24) is 4.90 Å². The number of nitrogens with zero attached hydrogens (tertiary/aromatic N) is 1. The molecule has 0 N–H and O–H groups in total. The van der Waals surface area contributed by atoms with Crippen LogP contribution in [-0.2, 0) is 0 Å². The molecular formula is C18H17NO2S. The minimum absolute atomic E-state index is 0.0115. The molecule has 112 valence electrons. The average Bonchev–Trinajstić information content (AvgIpc) is 2.54. The second kappa shape index (κ2) is 7.61. The smallest absolute Gasteiger partial charge is 0.285 e. The van der Waals surface area contributed by atoms with Crippen LogP contribution in [0.3, 0.4) is 0 Å². The summed E-state index contributed by atoms with van der Waals surface area (Å²) in [5.41, 5.74) is 1.59. The van der Waals surface area contributed by atoms with E-state index in [9.17, 15) is 9.59 Å². The monoisotopic (exact) mass is 311 g/mol. The van der Waals surface area contributed by atoms with Crippen molar-refractivity contribution in [3.05, 3.63) is 71.8 Å². The first kappa shape index (κ1) is 16.0. The highest BCUT2D eigenvalue weighted by atomic mass is 32.2. The molecule has 2 rings (SSSR count). The van der Waals surface area contributed by atoms with Crippen molar-refractivity contribution in [1.29, 1.82) is 0 Å². The van der Waals surface area contributed by atoms with E-state index in [1.807, 2.05) is 42.5 Å². The Morgan fingerprint density at radius 1 is 0.955 bits per heavy atom. The molecule has 0 unspecified atom stereocenters. The van der Waals surface area contributed by atoms with Crippen LogP contribution in [0.5, 0.6) is 0 Å². The zero-order valence-electron chi connectivity index (χ0n) is 12.5. The predicted octanol–water partition coefficient (Wildman–Crippen LogP) is 4.36.